The highest BCUT2D eigenvalue weighted by Crippen LogP contribution is 2.34. The average Bonchev–Trinajstić information content (AvgIpc) is 3.61. The topological polar surface area (TPSA) is 227 Å². The minimum Gasteiger partial charge on any atom is -0.546 e. The molecule has 1 unspecified atom stereocenters. The van der Waals surface area contributed by atoms with E-state index < -0.39 is 33.7 Å². The maximum absolute atomic E-state index is 11.6. The zero-order valence-corrected chi connectivity index (χ0v) is 26.3. The van der Waals surface area contributed by atoms with E-state index in [1.807, 2.05) is 42.6 Å². The number of aromatic nitrogens is 1. The van der Waals surface area contributed by atoms with Crippen molar-refractivity contribution >= 4 is 38.9 Å². The molecule has 2 aromatic carbocycles. The van der Waals surface area contributed by atoms with Crippen LogP contribution < -0.4 is 36.2 Å². The number of benzene rings is 2. The van der Waals surface area contributed by atoms with Gasteiger partial charge in [-0.05, 0) is 99.7 Å². The van der Waals surface area contributed by atoms with Crippen molar-refractivity contribution in [2.24, 2.45) is 17.2 Å². The Morgan fingerprint density at radius 2 is 1.71 bits per heavy atom. The van der Waals surface area contributed by atoms with Crippen LogP contribution in [0.2, 0.25) is 0 Å². The van der Waals surface area contributed by atoms with E-state index in [2.05, 4.69) is 9.56 Å². The van der Waals surface area contributed by atoms with Crippen LogP contribution in [0.4, 0.5) is 0 Å². The first kappa shape index (κ1) is 35.2. The minimum absolute atomic E-state index is 0.138. The number of unbranched alkanes of at least 4 members (excludes halogenated alkanes) is 1. The van der Waals surface area contributed by atoms with Gasteiger partial charge < -0.3 is 34.2 Å². The normalized spacial score (nSPS) is 14.6. The van der Waals surface area contributed by atoms with E-state index in [9.17, 15) is 23.1 Å². The number of hydrogen-bond acceptors (Lipinski definition) is 8. The number of carboxylic acid groups (broad SMARTS) is 2. The predicted octanol–water partition coefficient (Wildman–Crippen LogP) is -0.0234. The first-order chi connectivity index (χ1) is 21.3. The summed E-state index contributed by atoms with van der Waals surface area (Å²) < 4.78 is 35.5. The summed E-state index contributed by atoms with van der Waals surface area (Å²) in [6.07, 6.45) is 9.65. The van der Waals surface area contributed by atoms with Gasteiger partial charge in [-0.2, -0.15) is 8.42 Å². The van der Waals surface area contributed by atoms with Gasteiger partial charge in [0.1, 0.15) is 23.1 Å². The summed E-state index contributed by atoms with van der Waals surface area (Å²) >= 11 is 0. The number of rotatable bonds is 15. The lowest BCUT2D eigenvalue weighted by atomic mass is 10.0. The molecular formula is C31H43N5O8S. The van der Waals surface area contributed by atoms with Gasteiger partial charge in [-0.15, -0.1) is 0 Å². The van der Waals surface area contributed by atoms with Crippen molar-refractivity contribution in [1.82, 2.24) is 4.57 Å². The van der Waals surface area contributed by atoms with Gasteiger partial charge in [-0.25, -0.2) is 0 Å². The molecule has 1 atom stereocenters. The van der Waals surface area contributed by atoms with Crippen LogP contribution >= 0.6 is 0 Å². The Bertz CT molecular complexity index is 1560. The molecule has 0 amide bonds. The van der Waals surface area contributed by atoms with Crippen LogP contribution in [-0.4, -0.2) is 60.4 Å². The molecule has 1 aliphatic carbocycles. The molecule has 1 fully saturated rings. The third-order valence-corrected chi connectivity index (χ3v) is 7.96. The van der Waals surface area contributed by atoms with E-state index in [1.54, 1.807) is 12.1 Å². The molecule has 14 heteroatoms. The number of nitrogens with one attached hydrogen (secondary N) is 1. The van der Waals surface area contributed by atoms with Gasteiger partial charge >= 0.3 is 22.0 Å². The summed E-state index contributed by atoms with van der Waals surface area (Å²) in [4.78, 5) is 24.4. The SMILES string of the molecule is CS(=O)(=O)Oc1ccc2c(ccn2CCCCc2ccc(OC3(C(=O)[O-])CCCC3)cc2)c1.NC(N)=[NH+]CCCC(N)C(=O)O. The van der Waals surface area contributed by atoms with E-state index in [0.29, 0.717) is 43.7 Å². The lowest BCUT2D eigenvalue weighted by Gasteiger charge is -2.31. The van der Waals surface area contributed by atoms with Gasteiger partial charge in [0.25, 0.3) is 0 Å². The van der Waals surface area contributed by atoms with E-state index in [0.717, 1.165) is 55.8 Å². The summed E-state index contributed by atoms with van der Waals surface area (Å²) in [5, 5.41) is 20.9. The van der Waals surface area contributed by atoms with Gasteiger partial charge in [0, 0.05) is 23.6 Å². The molecular weight excluding hydrogens is 602 g/mol. The molecule has 0 spiro atoms. The number of nitrogens with two attached hydrogens (primary N) is 3. The molecule has 8 N–H and O–H groups in total. The van der Waals surface area contributed by atoms with Crippen LogP contribution in [0.1, 0.15) is 56.9 Å². The lowest BCUT2D eigenvalue weighted by Crippen LogP contribution is -2.78. The zero-order chi connectivity index (χ0) is 33.0. The molecule has 246 valence electrons. The van der Waals surface area contributed by atoms with Gasteiger partial charge in [-0.3, -0.25) is 21.3 Å². The molecule has 0 radical (unpaired) electrons. The van der Waals surface area contributed by atoms with Crippen LogP contribution in [0.15, 0.2) is 54.7 Å². The molecule has 1 aliphatic rings. The number of aryl methyl sites for hydroxylation is 2. The molecule has 45 heavy (non-hydrogen) atoms. The average molecular weight is 646 g/mol. The third kappa shape index (κ3) is 11.3. The number of carbonyl (C=O) groups excluding carboxylic acids is 1. The van der Waals surface area contributed by atoms with Crippen LogP contribution in [-0.2, 0) is 32.7 Å². The number of aliphatic carboxylic acids is 2. The highest BCUT2D eigenvalue weighted by molar-refractivity contribution is 7.86. The Morgan fingerprint density at radius 1 is 1.04 bits per heavy atom. The summed E-state index contributed by atoms with van der Waals surface area (Å²) in [6.45, 7) is 1.40. The second kappa shape index (κ2) is 16.1. The first-order valence-electron chi connectivity index (χ1n) is 14.9. The number of ether oxygens (including phenoxy) is 1. The van der Waals surface area contributed by atoms with Crippen molar-refractivity contribution in [3.8, 4) is 11.5 Å². The van der Waals surface area contributed by atoms with Gasteiger partial charge in [0.05, 0.1) is 18.8 Å². The number of carboxylic acids is 2. The molecule has 13 nitrogen and oxygen atoms in total. The number of guanidine groups is 1. The molecule has 0 saturated heterocycles. The van der Waals surface area contributed by atoms with E-state index in [-0.39, 0.29) is 5.96 Å². The number of nitrogens with zero attached hydrogens (tertiary/aromatic N) is 1. The van der Waals surface area contributed by atoms with E-state index in [1.165, 1.54) is 5.56 Å². The minimum atomic E-state index is -3.54. The molecule has 0 aliphatic heterocycles. The van der Waals surface area contributed by atoms with Gasteiger partial charge in [-0.1, -0.05) is 12.1 Å². The highest BCUT2D eigenvalue weighted by Gasteiger charge is 2.37. The Labute approximate surface area is 263 Å². The van der Waals surface area contributed by atoms with Crippen LogP contribution in [0.5, 0.6) is 11.5 Å². The van der Waals surface area contributed by atoms with Crippen LogP contribution in [0.25, 0.3) is 10.9 Å². The molecule has 3 aromatic rings. The number of hydrogen-bond donors (Lipinski definition) is 5. The van der Waals surface area contributed by atoms with E-state index in [4.69, 9.17) is 31.2 Å². The standard InChI is InChI=1S/C25H29NO6S.C6H14N4O2/c1-33(29,30)32-22-11-12-23-20(18-22)13-17-26(23)16-5-2-6-19-7-9-21(10-8-19)31-25(24(27)28)14-3-4-15-25;7-4(5(11)12)2-1-3-10-6(8)9/h7-13,17-18H,2-6,14-16H2,1H3,(H,27,28);4H,1-3,7H2,(H,11,12)(H4,8,9,10). The Balaban J connectivity index is 0.000000392. The van der Waals surface area contributed by atoms with Crippen LogP contribution in [0.3, 0.4) is 0 Å². The van der Waals surface area contributed by atoms with Crippen molar-refractivity contribution < 1.29 is 42.1 Å². The van der Waals surface area contributed by atoms with Gasteiger partial charge in [0.15, 0.2) is 0 Å². The lowest BCUT2D eigenvalue weighted by molar-refractivity contribution is -0.459. The fourth-order valence-corrected chi connectivity index (χ4v) is 5.59. The molecule has 1 heterocycles. The maximum Gasteiger partial charge on any atom is 0.338 e. The van der Waals surface area contributed by atoms with Crippen molar-refractivity contribution in [3.63, 3.8) is 0 Å². The van der Waals surface area contributed by atoms with Gasteiger partial charge in [0.2, 0.25) is 0 Å². The predicted molar refractivity (Wildman–Crippen MR) is 168 cm³/mol. The fraction of sp³-hybridized carbons (Fsp3) is 0.452. The van der Waals surface area contributed by atoms with Crippen LogP contribution in [0, 0.1) is 0 Å². The monoisotopic (exact) mass is 645 g/mol. The highest BCUT2D eigenvalue weighted by atomic mass is 32.2. The van der Waals surface area contributed by atoms with Crippen molar-refractivity contribution in [1.29, 1.82) is 0 Å². The molecule has 0 bridgehead atoms. The summed E-state index contributed by atoms with van der Waals surface area (Å²) in [7, 11) is -3.54. The summed E-state index contributed by atoms with van der Waals surface area (Å²) in [6, 6.07) is 14.1. The number of carbonyl (C=O) groups is 2. The third-order valence-electron chi connectivity index (χ3n) is 7.46. The molecule has 1 saturated carbocycles. The molecule has 4 rings (SSSR count). The second-order valence-electron chi connectivity index (χ2n) is 11.2. The maximum atomic E-state index is 11.6. The van der Waals surface area contributed by atoms with E-state index >= 15 is 0 Å². The molecule has 1 aromatic heterocycles. The van der Waals surface area contributed by atoms with Crippen molar-refractivity contribution in [2.75, 3.05) is 12.8 Å². The largest absolute Gasteiger partial charge is 0.546 e. The summed E-state index contributed by atoms with van der Waals surface area (Å²) in [5.41, 5.74) is 16.5. The smallest absolute Gasteiger partial charge is 0.338 e. The first-order valence-corrected chi connectivity index (χ1v) is 16.7. The van der Waals surface area contributed by atoms with Crippen molar-refractivity contribution in [3.05, 3.63) is 60.3 Å². The second-order valence-corrected chi connectivity index (χ2v) is 12.8. The quantitative estimate of drug-likeness (QED) is 0.0638. The fourth-order valence-electron chi connectivity index (χ4n) is 5.13. The Kier molecular flexibility index (Phi) is 12.6. The Hall–Kier alpha value is -4.30. The van der Waals surface area contributed by atoms with Crippen molar-refractivity contribution in [2.45, 2.75) is 76.0 Å². The summed E-state index contributed by atoms with van der Waals surface area (Å²) in [5.74, 6) is -1.09. The number of fused-ring (bicyclic) bond motifs is 1. The zero-order valence-electron chi connectivity index (χ0n) is 25.4. The Morgan fingerprint density at radius 3 is 2.31 bits per heavy atom.